The summed E-state index contributed by atoms with van der Waals surface area (Å²) >= 11 is 3.02. The van der Waals surface area contributed by atoms with Crippen LogP contribution >= 0.6 is 15.9 Å². The molecule has 0 aliphatic rings. The molecular formula is C4H4BrN3O. The van der Waals surface area contributed by atoms with Crippen LogP contribution in [0.15, 0.2) is 17.1 Å². The van der Waals surface area contributed by atoms with E-state index in [0.29, 0.717) is 4.73 Å². The van der Waals surface area contributed by atoms with Gasteiger partial charge >= 0.3 is 6.03 Å². The summed E-state index contributed by atoms with van der Waals surface area (Å²) in [4.78, 5) is 14.1. The number of nitrogens with zero attached hydrogens (tertiary/aromatic N) is 2. The highest BCUT2D eigenvalue weighted by Gasteiger charge is 2.00. The van der Waals surface area contributed by atoms with Crippen LogP contribution in [0.25, 0.3) is 0 Å². The van der Waals surface area contributed by atoms with E-state index in [-0.39, 0.29) is 0 Å². The lowest BCUT2D eigenvalue weighted by atomic mass is 10.9. The molecule has 0 bridgehead atoms. The molecule has 1 amide bonds. The Labute approximate surface area is 59.8 Å². The zero-order valence-corrected chi connectivity index (χ0v) is 6.00. The number of rotatable bonds is 0. The van der Waals surface area contributed by atoms with Gasteiger partial charge in [-0.05, 0) is 15.9 Å². The van der Waals surface area contributed by atoms with Gasteiger partial charge in [-0.25, -0.2) is 14.3 Å². The Balaban J connectivity index is 3.08. The normalized spacial score (nSPS) is 9.44. The van der Waals surface area contributed by atoms with Gasteiger partial charge in [-0.1, -0.05) is 0 Å². The van der Waals surface area contributed by atoms with Gasteiger partial charge < -0.3 is 5.73 Å². The fraction of sp³-hybridized carbons (Fsp3) is 0. The average molecular weight is 190 g/mol. The van der Waals surface area contributed by atoms with Gasteiger partial charge in [0.2, 0.25) is 0 Å². The van der Waals surface area contributed by atoms with Crippen LogP contribution in [0.3, 0.4) is 0 Å². The first-order valence-corrected chi connectivity index (χ1v) is 3.00. The maximum atomic E-state index is 10.4. The third kappa shape index (κ3) is 1.10. The molecule has 0 atom stereocenters. The minimum atomic E-state index is -0.542. The van der Waals surface area contributed by atoms with Gasteiger partial charge in [0.1, 0.15) is 0 Å². The second kappa shape index (κ2) is 2.18. The van der Waals surface area contributed by atoms with Gasteiger partial charge in [-0.2, -0.15) is 0 Å². The van der Waals surface area contributed by atoms with Crippen LogP contribution in [0.5, 0.6) is 0 Å². The van der Waals surface area contributed by atoms with Crippen LogP contribution in [0.2, 0.25) is 0 Å². The van der Waals surface area contributed by atoms with Crippen molar-refractivity contribution >= 4 is 22.0 Å². The van der Waals surface area contributed by atoms with E-state index in [0.717, 1.165) is 0 Å². The molecule has 0 aliphatic carbocycles. The van der Waals surface area contributed by atoms with E-state index in [1.807, 2.05) is 0 Å². The molecular weight excluding hydrogens is 186 g/mol. The van der Waals surface area contributed by atoms with E-state index in [1.165, 1.54) is 17.0 Å². The third-order valence-electron chi connectivity index (χ3n) is 0.833. The van der Waals surface area contributed by atoms with E-state index in [9.17, 15) is 4.79 Å². The topological polar surface area (TPSA) is 60.9 Å². The number of primary amides is 1. The van der Waals surface area contributed by atoms with Crippen molar-refractivity contribution in [1.82, 2.24) is 9.55 Å². The lowest BCUT2D eigenvalue weighted by Gasteiger charge is -1.92. The monoisotopic (exact) mass is 189 g/mol. The number of carbonyl (C=O) groups is 1. The Hall–Kier alpha value is -0.840. The Kier molecular flexibility index (Phi) is 1.52. The molecule has 0 aromatic carbocycles. The van der Waals surface area contributed by atoms with Gasteiger partial charge in [-0.3, -0.25) is 0 Å². The summed E-state index contributed by atoms with van der Waals surface area (Å²) in [5, 5.41) is 0. The summed E-state index contributed by atoms with van der Waals surface area (Å²) < 4.78 is 1.62. The quantitative estimate of drug-likeness (QED) is 0.649. The van der Waals surface area contributed by atoms with E-state index in [4.69, 9.17) is 5.73 Å². The Morgan fingerprint density at radius 2 is 2.56 bits per heavy atom. The second-order valence-corrected chi connectivity index (χ2v) is 2.11. The summed E-state index contributed by atoms with van der Waals surface area (Å²) in [5.41, 5.74) is 4.91. The predicted octanol–water partition coefficient (Wildman–Crippen LogP) is 0.572. The fourth-order valence-electron chi connectivity index (χ4n) is 0.450. The molecule has 9 heavy (non-hydrogen) atoms. The number of hydrogen-bond donors (Lipinski definition) is 1. The lowest BCUT2D eigenvalue weighted by Crippen LogP contribution is -2.18. The summed E-state index contributed by atoms with van der Waals surface area (Å²) in [7, 11) is 0. The lowest BCUT2D eigenvalue weighted by molar-refractivity contribution is 0.250. The fourth-order valence-corrected chi connectivity index (χ4v) is 0.861. The first kappa shape index (κ1) is 6.28. The molecule has 0 unspecified atom stereocenters. The van der Waals surface area contributed by atoms with Gasteiger partial charge in [0.25, 0.3) is 0 Å². The Morgan fingerprint density at radius 3 is 2.78 bits per heavy atom. The van der Waals surface area contributed by atoms with Crippen molar-refractivity contribution < 1.29 is 4.79 Å². The van der Waals surface area contributed by atoms with E-state index < -0.39 is 6.03 Å². The van der Waals surface area contributed by atoms with E-state index in [2.05, 4.69) is 20.9 Å². The highest BCUT2D eigenvalue weighted by atomic mass is 79.9. The number of halogens is 1. The van der Waals surface area contributed by atoms with Gasteiger partial charge in [0.15, 0.2) is 4.73 Å². The van der Waals surface area contributed by atoms with Crippen LogP contribution < -0.4 is 5.73 Å². The van der Waals surface area contributed by atoms with Crippen molar-refractivity contribution in [3.8, 4) is 0 Å². The molecule has 0 aliphatic heterocycles. The highest BCUT2D eigenvalue weighted by Crippen LogP contribution is 2.03. The molecule has 4 nitrogen and oxygen atoms in total. The largest absolute Gasteiger partial charge is 0.351 e. The molecule has 1 aromatic heterocycles. The molecule has 5 heteroatoms. The maximum Gasteiger partial charge on any atom is 0.325 e. The van der Waals surface area contributed by atoms with Gasteiger partial charge in [0, 0.05) is 12.4 Å². The highest BCUT2D eigenvalue weighted by molar-refractivity contribution is 9.10. The van der Waals surface area contributed by atoms with Crippen molar-refractivity contribution in [2.24, 2.45) is 5.73 Å². The number of nitrogens with two attached hydrogens (primary N) is 1. The molecule has 0 fully saturated rings. The van der Waals surface area contributed by atoms with Crippen LogP contribution in [0, 0.1) is 0 Å². The minimum absolute atomic E-state index is 0.426. The van der Waals surface area contributed by atoms with Crippen LogP contribution in [-0.4, -0.2) is 15.6 Å². The smallest absolute Gasteiger partial charge is 0.325 e. The molecule has 1 heterocycles. The first-order valence-electron chi connectivity index (χ1n) is 2.20. The van der Waals surface area contributed by atoms with Crippen molar-refractivity contribution in [3.63, 3.8) is 0 Å². The summed E-state index contributed by atoms with van der Waals surface area (Å²) in [6.45, 7) is 0. The van der Waals surface area contributed by atoms with Gasteiger partial charge in [-0.15, -0.1) is 0 Å². The van der Waals surface area contributed by atoms with E-state index >= 15 is 0 Å². The average Bonchev–Trinajstić information content (AvgIpc) is 2.13. The number of carbonyl (C=O) groups excluding carboxylic acids is 1. The minimum Gasteiger partial charge on any atom is -0.351 e. The molecule has 0 saturated heterocycles. The zero-order valence-electron chi connectivity index (χ0n) is 4.41. The maximum absolute atomic E-state index is 10.4. The molecule has 2 N–H and O–H groups in total. The first-order chi connectivity index (χ1) is 4.22. The van der Waals surface area contributed by atoms with Gasteiger partial charge in [0.05, 0.1) is 0 Å². The molecule has 1 aromatic rings. The molecule has 48 valence electrons. The van der Waals surface area contributed by atoms with Crippen molar-refractivity contribution in [1.29, 1.82) is 0 Å². The van der Waals surface area contributed by atoms with Crippen molar-refractivity contribution in [3.05, 3.63) is 17.1 Å². The number of aromatic nitrogens is 2. The standard InChI is InChI=1S/C4H4BrN3O/c5-3-7-1-2-8(3)4(6)9/h1-2H,(H2,6,9). The Bertz CT molecular complexity index is 231. The summed E-state index contributed by atoms with van der Waals surface area (Å²) in [5.74, 6) is 0. The molecule has 0 saturated carbocycles. The van der Waals surface area contributed by atoms with Crippen LogP contribution in [-0.2, 0) is 0 Å². The molecule has 0 radical (unpaired) electrons. The Morgan fingerprint density at radius 1 is 1.89 bits per heavy atom. The second-order valence-electron chi connectivity index (χ2n) is 1.40. The van der Waals surface area contributed by atoms with Crippen molar-refractivity contribution in [2.75, 3.05) is 0 Å². The molecule has 1 rings (SSSR count). The zero-order chi connectivity index (χ0) is 6.85. The summed E-state index contributed by atoms with van der Waals surface area (Å²) in [6.07, 6.45) is 2.96. The number of imidazole rings is 1. The SMILES string of the molecule is NC(=O)n1ccnc1Br. The summed E-state index contributed by atoms with van der Waals surface area (Å²) in [6, 6.07) is -0.542. The number of hydrogen-bond acceptors (Lipinski definition) is 2. The predicted molar refractivity (Wildman–Crippen MR) is 34.9 cm³/mol. The van der Waals surface area contributed by atoms with Crippen LogP contribution in [0.1, 0.15) is 0 Å². The number of amides is 1. The molecule has 0 spiro atoms. The van der Waals surface area contributed by atoms with E-state index in [1.54, 1.807) is 0 Å². The van der Waals surface area contributed by atoms with Crippen molar-refractivity contribution in [2.45, 2.75) is 0 Å². The van der Waals surface area contributed by atoms with Crippen LogP contribution in [0.4, 0.5) is 4.79 Å². The third-order valence-corrected chi connectivity index (χ3v) is 1.42.